The molecule has 0 amide bonds. The van der Waals surface area contributed by atoms with E-state index in [2.05, 4.69) is 19.9 Å². The number of carbonyl (C=O) groups is 2. The number of hydrogen-bond acceptors (Lipinski definition) is 2. The third-order valence-corrected chi connectivity index (χ3v) is 8.48. The molecular weight excluding hydrogens is 284 g/mol. The molecule has 0 radical (unpaired) electrons. The van der Waals surface area contributed by atoms with E-state index in [1.807, 2.05) is 0 Å². The van der Waals surface area contributed by atoms with Crippen LogP contribution in [0.25, 0.3) is 0 Å². The molecule has 2 heteroatoms. The first kappa shape index (κ1) is 15.6. The average molecular weight is 314 g/mol. The average Bonchev–Trinajstić information content (AvgIpc) is 2.82. The van der Waals surface area contributed by atoms with Crippen LogP contribution in [0.3, 0.4) is 0 Å². The third kappa shape index (κ3) is 2.06. The van der Waals surface area contributed by atoms with Gasteiger partial charge in [0.25, 0.3) is 0 Å². The third-order valence-electron chi connectivity index (χ3n) is 8.48. The van der Waals surface area contributed by atoms with Gasteiger partial charge in [0, 0.05) is 11.8 Å². The Balaban J connectivity index is 1.64. The maximum Gasteiger partial charge on any atom is 0.155 e. The number of carbonyl (C=O) groups excluding carboxylic acids is 2. The monoisotopic (exact) mass is 314 g/mol. The predicted octanol–water partition coefficient (Wildman–Crippen LogP) is 4.72. The van der Waals surface area contributed by atoms with Crippen molar-refractivity contribution >= 4 is 11.6 Å². The van der Waals surface area contributed by atoms with Crippen LogP contribution in [0.5, 0.6) is 0 Å². The van der Waals surface area contributed by atoms with Crippen molar-refractivity contribution in [1.82, 2.24) is 0 Å². The first-order valence-corrected chi connectivity index (χ1v) is 9.59. The van der Waals surface area contributed by atoms with E-state index in [0.717, 1.165) is 49.5 Å². The summed E-state index contributed by atoms with van der Waals surface area (Å²) in [6.07, 6.45) is 11.1. The molecule has 3 fully saturated rings. The Hall–Kier alpha value is -0.920. The van der Waals surface area contributed by atoms with Gasteiger partial charge in [-0.1, -0.05) is 19.9 Å². The Morgan fingerprint density at radius 3 is 2.65 bits per heavy atom. The van der Waals surface area contributed by atoms with E-state index in [4.69, 9.17) is 0 Å². The summed E-state index contributed by atoms with van der Waals surface area (Å²) >= 11 is 0. The summed E-state index contributed by atoms with van der Waals surface area (Å²) in [7, 11) is 0. The summed E-state index contributed by atoms with van der Waals surface area (Å²) in [5, 5.41) is 0. The molecule has 0 aromatic carbocycles. The van der Waals surface area contributed by atoms with Crippen LogP contribution >= 0.6 is 0 Å². The van der Waals surface area contributed by atoms with E-state index in [1.165, 1.54) is 19.3 Å². The molecule has 0 N–H and O–H groups in total. The summed E-state index contributed by atoms with van der Waals surface area (Å²) in [6.45, 7) is 6.46. The van der Waals surface area contributed by atoms with E-state index < -0.39 is 0 Å². The van der Waals surface area contributed by atoms with Crippen LogP contribution in [-0.2, 0) is 9.59 Å². The molecule has 3 saturated carbocycles. The molecule has 126 valence electrons. The maximum absolute atomic E-state index is 12.4. The van der Waals surface area contributed by atoms with Crippen molar-refractivity contribution in [2.24, 2.45) is 34.5 Å². The second kappa shape index (κ2) is 5.04. The Bertz CT molecular complexity index is 589. The molecule has 0 aromatic rings. The summed E-state index contributed by atoms with van der Waals surface area (Å²) in [5.41, 5.74) is 1.41. The molecule has 23 heavy (non-hydrogen) atoms. The van der Waals surface area contributed by atoms with Gasteiger partial charge >= 0.3 is 0 Å². The minimum atomic E-state index is -0.0145. The molecule has 4 rings (SSSR count). The smallest absolute Gasteiger partial charge is 0.155 e. The molecule has 0 aromatic heterocycles. The van der Waals surface area contributed by atoms with Gasteiger partial charge in [0.1, 0.15) is 5.78 Å². The van der Waals surface area contributed by atoms with Crippen molar-refractivity contribution in [2.75, 3.05) is 0 Å². The normalized spacial score (nSPS) is 49.0. The zero-order chi connectivity index (χ0) is 16.4. The lowest BCUT2D eigenvalue weighted by atomic mass is 9.45. The highest BCUT2D eigenvalue weighted by molar-refractivity contribution is 5.93. The molecular formula is C21H30O2. The SMILES string of the molecule is CC(=O)C1=CC[C@@]2(C)[C@H](CC[C@H]3[C@@H]2CC[C@]2(C)C(=O)CC[C@@H]32)C1. The Morgan fingerprint density at radius 1 is 1.13 bits per heavy atom. The largest absolute Gasteiger partial charge is 0.299 e. The van der Waals surface area contributed by atoms with Crippen LogP contribution in [-0.4, -0.2) is 11.6 Å². The first-order valence-electron chi connectivity index (χ1n) is 9.59. The van der Waals surface area contributed by atoms with Crippen LogP contribution in [0.15, 0.2) is 11.6 Å². The standard InChI is InChI=1S/C21H30O2/c1-13(22)14-8-10-20(2)15(12-14)4-5-16-17-6-7-19(23)21(17,3)11-9-18(16)20/h8,15-18H,4-7,9-12H2,1-3H3/t15-,16-,17+,18+,20+,21+/m1/s1. The van der Waals surface area contributed by atoms with Crippen molar-refractivity contribution in [3.63, 3.8) is 0 Å². The molecule has 0 unspecified atom stereocenters. The summed E-state index contributed by atoms with van der Waals surface area (Å²) in [5.74, 6) is 3.62. The number of allylic oxidation sites excluding steroid dienone is 2. The van der Waals surface area contributed by atoms with Gasteiger partial charge in [0.15, 0.2) is 5.78 Å². The Kier molecular flexibility index (Phi) is 3.42. The summed E-state index contributed by atoms with van der Waals surface area (Å²) in [6, 6.07) is 0. The highest BCUT2D eigenvalue weighted by Crippen LogP contribution is 2.65. The van der Waals surface area contributed by atoms with Crippen molar-refractivity contribution in [3.8, 4) is 0 Å². The summed E-state index contributed by atoms with van der Waals surface area (Å²) in [4.78, 5) is 24.2. The quantitative estimate of drug-likeness (QED) is 0.701. The molecule has 0 bridgehead atoms. The van der Waals surface area contributed by atoms with Gasteiger partial charge < -0.3 is 0 Å². The fourth-order valence-electron chi connectivity index (χ4n) is 6.94. The van der Waals surface area contributed by atoms with Crippen LogP contribution in [0.1, 0.15) is 72.1 Å². The van der Waals surface area contributed by atoms with Crippen LogP contribution in [0.4, 0.5) is 0 Å². The number of fused-ring (bicyclic) bond motifs is 5. The lowest BCUT2D eigenvalue weighted by Gasteiger charge is -2.59. The lowest BCUT2D eigenvalue weighted by molar-refractivity contribution is -0.136. The van der Waals surface area contributed by atoms with Gasteiger partial charge in [-0.3, -0.25) is 9.59 Å². The van der Waals surface area contributed by atoms with Crippen LogP contribution < -0.4 is 0 Å². The molecule has 0 heterocycles. The highest BCUT2D eigenvalue weighted by Gasteiger charge is 2.59. The number of ketones is 2. The van der Waals surface area contributed by atoms with E-state index in [9.17, 15) is 9.59 Å². The molecule has 4 aliphatic rings. The van der Waals surface area contributed by atoms with E-state index in [0.29, 0.717) is 23.0 Å². The van der Waals surface area contributed by atoms with Crippen molar-refractivity contribution in [1.29, 1.82) is 0 Å². The molecule has 4 aliphatic carbocycles. The summed E-state index contributed by atoms with van der Waals surface area (Å²) < 4.78 is 0. The van der Waals surface area contributed by atoms with Gasteiger partial charge in [-0.25, -0.2) is 0 Å². The second-order valence-corrected chi connectivity index (χ2v) is 9.27. The van der Waals surface area contributed by atoms with Crippen LogP contribution in [0, 0.1) is 34.5 Å². The number of hydrogen-bond donors (Lipinski definition) is 0. The first-order chi connectivity index (χ1) is 10.9. The van der Waals surface area contributed by atoms with E-state index >= 15 is 0 Å². The zero-order valence-electron chi connectivity index (χ0n) is 14.9. The second-order valence-electron chi connectivity index (χ2n) is 9.27. The number of Topliss-reactive ketones (excluding diaryl/α,β-unsaturated/α-hetero) is 2. The fraction of sp³-hybridized carbons (Fsp3) is 0.810. The topological polar surface area (TPSA) is 34.1 Å². The molecule has 0 saturated heterocycles. The van der Waals surface area contributed by atoms with Crippen molar-refractivity contribution < 1.29 is 9.59 Å². The Labute approximate surface area is 140 Å². The Morgan fingerprint density at radius 2 is 1.91 bits per heavy atom. The fourth-order valence-corrected chi connectivity index (χ4v) is 6.94. The van der Waals surface area contributed by atoms with Crippen LogP contribution in [0.2, 0.25) is 0 Å². The minimum absolute atomic E-state index is 0.0145. The van der Waals surface area contributed by atoms with Gasteiger partial charge in [0.2, 0.25) is 0 Å². The van der Waals surface area contributed by atoms with Gasteiger partial charge in [-0.05, 0) is 86.5 Å². The minimum Gasteiger partial charge on any atom is -0.299 e. The van der Waals surface area contributed by atoms with Gasteiger partial charge in [0.05, 0.1) is 0 Å². The molecule has 2 nitrogen and oxygen atoms in total. The van der Waals surface area contributed by atoms with E-state index in [1.54, 1.807) is 6.92 Å². The molecule has 6 atom stereocenters. The lowest BCUT2D eigenvalue weighted by Crippen LogP contribution is -2.52. The van der Waals surface area contributed by atoms with Gasteiger partial charge in [-0.15, -0.1) is 0 Å². The van der Waals surface area contributed by atoms with Crippen molar-refractivity contribution in [3.05, 3.63) is 11.6 Å². The molecule has 0 spiro atoms. The zero-order valence-corrected chi connectivity index (χ0v) is 14.9. The predicted molar refractivity (Wildman–Crippen MR) is 90.9 cm³/mol. The van der Waals surface area contributed by atoms with Crippen molar-refractivity contribution in [2.45, 2.75) is 72.1 Å². The number of rotatable bonds is 1. The molecule has 0 aliphatic heterocycles. The van der Waals surface area contributed by atoms with E-state index in [-0.39, 0.29) is 11.2 Å². The maximum atomic E-state index is 12.4. The van der Waals surface area contributed by atoms with Gasteiger partial charge in [-0.2, -0.15) is 0 Å². The highest BCUT2D eigenvalue weighted by atomic mass is 16.1.